The highest BCUT2D eigenvalue weighted by atomic mass is 35.5. The van der Waals surface area contributed by atoms with E-state index in [1.807, 2.05) is 13.8 Å². The van der Waals surface area contributed by atoms with E-state index in [1.165, 1.54) is 23.7 Å². The second-order valence-electron chi connectivity index (χ2n) is 4.52. The Morgan fingerprint density at radius 3 is 2.79 bits per heavy atom. The Bertz CT molecular complexity index is 630. The SMILES string of the molecule is CC(C)Cc1sc(Cl)nc1-c1occc1P(=O)(O)O. The molecule has 8 heteroatoms. The van der Waals surface area contributed by atoms with Crippen LogP contribution < -0.4 is 5.30 Å². The predicted molar refractivity (Wildman–Crippen MR) is 75.0 cm³/mol. The van der Waals surface area contributed by atoms with Crippen LogP contribution in [0.25, 0.3) is 11.5 Å². The summed E-state index contributed by atoms with van der Waals surface area (Å²) in [6.45, 7) is 4.09. The first-order valence-electron chi connectivity index (χ1n) is 5.58. The number of hydrogen-bond acceptors (Lipinski definition) is 4. The number of furan rings is 1. The third kappa shape index (κ3) is 3.27. The van der Waals surface area contributed by atoms with Gasteiger partial charge in [0.2, 0.25) is 0 Å². The molecule has 2 aromatic heterocycles. The van der Waals surface area contributed by atoms with Crippen molar-refractivity contribution in [2.24, 2.45) is 5.92 Å². The van der Waals surface area contributed by atoms with Gasteiger partial charge in [-0.05, 0) is 18.4 Å². The zero-order valence-electron chi connectivity index (χ0n) is 10.3. The summed E-state index contributed by atoms with van der Waals surface area (Å²) in [5.41, 5.74) is 0.423. The summed E-state index contributed by atoms with van der Waals surface area (Å²) in [4.78, 5) is 23.6. The normalized spacial score (nSPS) is 12.3. The van der Waals surface area contributed by atoms with Gasteiger partial charge in [0, 0.05) is 4.88 Å². The fourth-order valence-electron chi connectivity index (χ4n) is 1.72. The van der Waals surface area contributed by atoms with Crippen molar-refractivity contribution in [3.8, 4) is 11.5 Å². The van der Waals surface area contributed by atoms with Crippen molar-refractivity contribution in [3.05, 3.63) is 21.7 Å². The van der Waals surface area contributed by atoms with Crippen molar-refractivity contribution >= 4 is 35.8 Å². The Labute approximate surface area is 119 Å². The largest absolute Gasteiger partial charge is 0.462 e. The molecule has 0 bridgehead atoms. The lowest BCUT2D eigenvalue weighted by Gasteiger charge is -2.06. The molecule has 2 N–H and O–H groups in total. The Hall–Kier alpha value is -0.650. The fraction of sp³-hybridized carbons (Fsp3) is 0.364. The van der Waals surface area contributed by atoms with Crippen LogP contribution in [0.5, 0.6) is 0 Å². The average Bonchev–Trinajstić information content (AvgIpc) is 2.82. The van der Waals surface area contributed by atoms with Crippen molar-refractivity contribution in [2.45, 2.75) is 20.3 Å². The van der Waals surface area contributed by atoms with Gasteiger partial charge >= 0.3 is 7.60 Å². The summed E-state index contributed by atoms with van der Waals surface area (Å²) in [5.74, 6) is 0.482. The van der Waals surface area contributed by atoms with E-state index in [4.69, 9.17) is 16.0 Å². The number of nitrogens with zero attached hydrogens (tertiary/aromatic N) is 1. The Balaban J connectivity index is 2.54. The van der Waals surface area contributed by atoms with Gasteiger partial charge in [0.15, 0.2) is 10.2 Å². The molecule has 0 atom stereocenters. The van der Waals surface area contributed by atoms with Crippen LogP contribution in [0.4, 0.5) is 0 Å². The van der Waals surface area contributed by atoms with E-state index in [0.717, 1.165) is 11.3 Å². The van der Waals surface area contributed by atoms with E-state index in [0.29, 0.717) is 16.1 Å². The Morgan fingerprint density at radius 1 is 1.53 bits per heavy atom. The highest BCUT2D eigenvalue weighted by Gasteiger charge is 2.28. The lowest BCUT2D eigenvalue weighted by atomic mass is 10.1. The molecule has 2 rings (SSSR count). The van der Waals surface area contributed by atoms with Crippen LogP contribution in [0.3, 0.4) is 0 Å². The molecule has 0 fully saturated rings. The Kier molecular flexibility index (Phi) is 4.18. The van der Waals surface area contributed by atoms with Crippen LogP contribution in [0, 0.1) is 5.92 Å². The van der Waals surface area contributed by atoms with Crippen molar-refractivity contribution < 1.29 is 18.8 Å². The van der Waals surface area contributed by atoms with Crippen LogP contribution in [-0.4, -0.2) is 14.8 Å². The number of hydrogen-bond donors (Lipinski definition) is 2. The van der Waals surface area contributed by atoms with E-state index in [-0.39, 0.29) is 11.1 Å². The molecule has 0 aliphatic rings. The Morgan fingerprint density at radius 2 is 2.21 bits per heavy atom. The number of rotatable bonds is 4. The third-order valence-electron chi connectivity index (χ3n) is 2.44. The van der Waals surface area contributed by atoms with Crippen LogP contribution in [-0.2, 0) is 11.0 Å². The molecule has 0 saturated heterocycles. The minimum atomic E-state index is -4.39. The summed E-state index contributed by atoms with van der Waals surface area (Å²) in [7, 11) is -4.39. The molecule has 104 valence electrons. The fourth-order valence-corrected chi connectivity index (χ4v) is 3.75. The molecule has 5 nitrogen and oxygen atoms in total. The maximum Gasteiger partial charge on any atom is 0.360 e. The van der Waals surface area contributed by atoms with Gasteiger partial charge in [0.05, 0.1) is 6.26 Å². The maximum absolute atomic E-state index is 11.4. The van der Waals surface area contributed by atoms with Crippen molar-refractivity contribution in [1.82, 2.24) is 4.98 Å². The second-order valence-corrected chi connectivity index (χ2v) is 7.75. The van der Waals surface area contributed by atoms with Crippen LogP contribution in [0.15, 0.2) is 16.7 Å². The lowest BCUT2D eigenvalue weighted by molar-refractivity contribution is 0.387. The molecule has 0 aromatic carbocycles. The van der Waals surface area contributed by atoms with Gasteiger partial charge in [-0.1, -0.05) is 25.4 Å². The summed E-state index contributed by atoms with van der Waals surface area (Å²) in [5, 5.41) is -0.153. The minimum Gasteiger partial charge on any atom is -0.462 e. The third-order valence-corrected chi connectivity index (χ3v) is 4.60. The molecule has 19 heavy (non-hydrogen) atoms. The van der Waals surface area contributed by atoms with Crippen LogP contribution in [0.2, 0.25) is 4.47 Å². The molecule has 0 amide bonds. The maximum atomic E-state index is 11.4. The van der Waals surface area contributed by atoms with Crippen LogP contribution >= 0.6 is 30.5 Å². The highest BCUT2D eigenvalue weighted by molar-refractivity contribution is 7.60. The van der Waals surface area contributed by atoms with Crippen molar-refractivity contribution in [1.29, 1.82) is 0 Å². The molecule has 0 spiro atoms. The molecule has 0 aliphatic carbocycles. The van der Waals surface area contributed by atoms with E-state index in [2.05, 4.69) is 4.98 Å². The first-order chi connectivity index (χ1) is 8.79. The van der Waals surface area contributed by atoms with Gasteiger partial charge in [0.1, 0.15) is 11.0 Å². The summed E-state index contributed by atoms with van der Waals surface area (Å²) in [6.07, 6.45) is 1.97. The average molecular weight is 322 g/mol. The van der Waals surface area contributed by atoms with Gasteiger partial charge in [-0.2, -0.15) is 0 Å². The van der Waals surface area contributed by atoms with E-state index >= 15 is 0 Å². The molecule has 2 heterocycles. The van der Waals surface area contributed by atoms with E-state index in [9.17, 15) is 14.4 Å². The van der Waals surface area contributed by atoms with Gasteiger partial charge < -0.3 is 14.2 Å². The molecule has 0 unspecified atom stereocenters. The van der Waals surface area contributed by atoms with Crippen molar-refractivity contribution in [3.63, 3.8) is 0 Å². The minimum absolute atomic E-state index is 0.104. The zero-order chi connectivity index (χ0) is 14.2. The molecule has 0 radical (unpaired) electrons. The van der Waals surface area contributed by atoms with E-state index in [1.54, 1.807) is 0 Å². The molecular weight excluding hydrogens is 309 g/mol. The van der Waals surface area contributed by atoms with Gasteiger partial charge in [-0.3, -0.25) is 4.57 Å². The first-order valence-corrected chi connectivity index (χ1v) is 8.39. The molecule has 0 aliphatic heterocycles. The smallest absolute Gasteiger partial charge is 0.360 e. The number of thiazole rings is 1. The standard InChI is InChI=1S/C11H13ClNO4PS/c1-6(2)5-8-9(13-11(12)19-8)10-7(3-4-17-10)18(14,15)16/h3-4,6H,5H2,1-2H3,(H2,14,15,16). The predicted octanol–water partition coefficient (Wildman–Crippen LogP) is 3.06. The number of aromatic nitrogens is 1. The van der Waals surface area contributed by atoms with E-state index < -0.39 is 7.60 Å². The zero-order valence-corrected chi connectivity index (χ0v) is 12.8. The topological polar surface area (TPSA) is 83.6 Å². The molecule has 0 saturated carbocycles. The quantitative estimate of drug-likeness (QED) is 0.846. The van der Waals surface area contributed by atoms with Crippen LogP contribution in [0.1, 0.15) is 18.7 Å². The van der Waals surface area contributed by atoms with Crippen molar-refractivity contribution in [2.75, 3.05) is 0 Å². The summed E-state index contributed by atoms with van der Waals surface area (Å²) >= 11 is 7.21. The lowest BCUT2D eigenvalue weighted by Crippen LogP contribution is -2.05. The highest BCUT2D eigenvalue weighted by Crippen LogP contribution is 2.40. The van der Waals surface area contributed by atoms with Gasteiger partial charge in [-0.25, -0.2) is 4.98 Å². The van der Waals surface area contributed by atoms with Gasteiger partial charge in [0.25, 0.3) is 0 Å². The van der Waals surface area contributed by atoms with Gasteiger partial charge in [-0.15, -0.1) is 11.3 Å². The molecular formula is C11H13ClNO4PS. The summed E-state index contributed by atoms with van der Waals surface area (Å²) in [6, 6.07) is 1.27. The molecule has 2 aromatic rings. The number of halogens is 1. The second kappa shape index (κ2) is 5.38. The summed E-state index contributed by atoms with van der Waals surface area (Å²) < 4.78 is 16.9. The monoisotopic (exact) mass is 321 g/mol. The first kappa shape index (κ1) is 14.8.